The van der Waals surface area contributed by atoms with Gasteiger partial charge in [0.2, 0.25) is 0 Å². The summed E-state index contributed by atoms with van der Waals surface area (Å²) in [4.78, 5) is 25.1. The van der Waals surface area contributed by atoms with E-state index < -0.39 is 11.9 Å². The van der Waals surface area contributed by atoms with E-state index in [1.807, 2.05) is 30.3 Å². The molecule has 0 atom stereocenters. The summed E-state index contributed by atoms with van der Waals surface area (Å²) in [6.07, 6.45) is 1.41. The topological polar surface area (TPSA) is 133 Å². The Morgan fingerprint density at radius 1 is 1.09 bits per heavy atom. The Kier molecular flexibility index (Phi) is 5.98. The quantitative estimate of drug-likeness (QED) is 0.303. The lowest BCUT2D eigenvalue weighted by molar-refractivity contribution is 0.0443. The molecule has 4 heterocycles. The number of benzene rings is 1. The Hall–Kier alpha value is -4.51. The summed E-state index contributed by atoms with van der Waals surface area (Å²) in [6, 6.07) is 14.3. The van der Waals surface area contributed by atoms with Crippen LogP contribution in [0.25, 0.3) is 22.7 Å². The largest absolute Gasteiger partial charge is 0.459 e. The molecule has 0 fully saturated rings. The fraction of sp³-hybridized carbons (Fsp3) is 0.125. The number of thiophene rings is 1. The fourth-order valence-corrected chi connectivity index (χ4v) is 4.31. The van der Waals surface area contributed by atoms with Crippen LogP contribution in [0.4, 0.5) is 5.00 Å². The second-order valence-electron chi connectivity index (χ2n) is 7.46. The lowest BCUT2D eigenvalue weighted by atomic mass is 10.1. The molecule has 0 spiro atoms. The molecular weight excluding hydrogens is 472 g/mol. The van der Waals surface area contributed by atoms with Gasteiger partial charge in [-0.2, -0.15) is 0 Å². The molecule has 0 unspecified atom stereocenters. The van der Waals surface area contributed by atoms with Crippen molar-refractivity contribution in [2.24, 2.45) is 0 Å². The van der Waals surface area contributed by atoms with E-state index in [9.17, 15) is 9.59 Å². The predicted molar refractivity (Wildman–Crippen MR) is 125 cm³/mol. The number of esters is 1. The number of carbonyl (C=O) groups excluding carboxylic acids is 2. The van der Waals surface area contributed by atoms with E-state index in [4.69, 9.17) is 18.1 Å². The third kappa shape index (κ3) is 4.62. The molecular formula is C24H18N4O6S. The molecule has 176 valence electrons. The molecule has 0 saturated heterocycles. The Bertz CT molecular complexity index is 1480. The van der Waals surface area contributed by atoms with Crippen LogP contribution in [0.2, 0.25) is 0 Å². The molecule has 1 aromatic carbocycles. The standard InChI is InChI=1S/C24H18N4O6S/c1-13-11-18(25-22(29)16-9-6-10-31-16)35-21(13)24(30)32-12-17-26-27-23(33-17)19-14(2)34-28-20(19)15-7-4-3-5-8-15/h3-11H,12H2,1-2H3,(H,25,29). The van der Waals surface area contributed by atoms with Gasteiger partial charge >= 0.3 is 5.97 Å². The van der Waals surface area contributed by atoms with E-state index in [2.05, 4.69) is 20.7 Å². The van der Waals surface area contributed by atoms with Gasteiger partial charge in [-0.1, -0.05) is 35.5 Å². The van der Waals surface area contributed by atoms with Crippen molar-refractivity contribution in [3.05, 3.63) is 82.6 Å². The van der Waals surface area contributed by atoms with Crippen LogP contribution in [-0.4, -0.2) is 27.2 Å². The molecule has 1 N–H and O–H groups in total. The molecule has 4 aromatic heterocycles. The first-order valence-corrected chi connectivity index (χ1v) is 11.3. The molecule has 10 nitrogen and oxygen atoms in total. The Balaban J connectivity index is 1.26. The highest BCUT2D eigenvalue weighted by Gasteiger charge is 2.23. The third-order valence-corrected chi connectivity index (χ3v) is 6.13. The van der Waals surface area contributed by atoms with Gasteiger partial charge in [-0.3, -0.25) is 4.79 Å². The average Bonchev–Trinajstić information content (AvgIpc) is 3.65. The summed E-state index contributed by atoms with van der Waals surface area (Å²) in [7, 11) is 0. The van der Waals surface area contributed by atoms with Crippen molar-refractivity contribution in [2.75, 3.05) is 5.32 Å². The number of furan rings is 1. The van der Waals surface area contributed by atoms with Crippen LogP contribution in [-0.2, 0) is 11.3 Å². The minimum absolute atomic E-state index is 0.119. The summed E-state index contributed by atoms with van der Waals surface area (Å²) in [5.41, 5.74) is 2.66. The maximum atomic E-state index is 12.6. The fourth-order valence-electron chi connectivity index (χ4n) is 3.35. The van der Waals surface area contributed by atoms with Gasteiger partial charge in [0.25, 0.3) is 17.7 Å². The number of anilines is 1. The van der Waals surface area contributed by atoms with Crippen molar-refractivity contribution >= 4 is 28.2 Å². The van der Waals surface area contributed by atoms with Crippen LogP contribution < -0.4 is 5.32 Å². The second kappa shape index (κ2) is 9.39. The number of nitrogens with one attached hydrogen (secondary N) is 1. The zero-order valence-electron chi connectivity index (χ0n) is 18.6. The van der Waals surface area contributed by atoms with Crippen LogP contribution in [0.15, 0.2) is 68.2 Å². The lowest BCUT2D eigenvalue weighted by Gasteiger charge is -2.01. The number of hydrogen-bond donors (Lipinski definition) is 1. The van der Waals surface area contributed by atoms with E-state index in [0.29, 0.717) is 32.5 Å². The Labute approximate surface area is 202 Å². The number of aryl methyl sites for hydroxylation is 2. The monoisotopic (exact) mass is 490 g/mol. The summed E-state index contributed by atoms with van der Waals surface area (Å²) in [5, 5.41) is 15.4. The number of carbonyl (C=O) groups is 2. The zero-order chi connectivity index (χ0) is 24.4. The summed E-state index contributed by atoms with van der Waals surface area (Å²) < 4.78 is 21.5. The smallest absolute Gasteiger partial charge is 0.349 e. The number of amides is 1. The second-order valence-corrected chi connectivity index (χ2v) is 8.51. The van der Waals surface area contributed by atoms with Gasteiger partial charge in [-0.05, 0) is 37.6 Å². The van der Waals surface area contributed by atoms with E-state index in [0.717, 1.165) is 16.9 Å². The van der Waals surface area contributed by atoms with E-state index >= 15 is 0 Å². The molecule has 0 aliphatic carbocycles. The number of hydrogen-bond acceptors (Lipinski definition) is 10. The summed E-state index contributed by atoms with van der Waals surface area (Å²) in [6.45, 7) is 3.28. The van der Waals surface area contributed by atoms with Gasteiger partial charge in [0.15, 0.2) is 12.4 Å². The van der Waals surface area contributed by atoms with Crippen molar-refractivity contribution in [3.8, 4) is 22.7 Å². The Morgan fingerprint density at radius 2 is 1.91 bits per heavy atom. The highest BCUT2D eigenvalue weighted by Crippen LogP contribution is 2.33. The van der Waals surface area contributed by atoms with Gasteiger partial charge in [0.1, 0.15) is 21.9 Å². The van der Waals surface area contributed by atoms with Crippen LogP contribution in [0.5, 0.6) is 0 Å². The zero-order valence-corrected chi connectivity index (χ0v) is 19.4. The number of aromatic nitrogens is 3. The summed E-state index contributed by atoms with van der Waals surface area (Å²) >= 11 is 1.10. The summed E-state index contributed by atoms with van der Waals surface area (Å²) in [5.74, 6) is 0.0444. The van der Waals surface area contributed by atoms with E-state index in [1.54, 1.807) is 32.0 Å². The maximum Gasteiger partial charge on any atom is 0.349 e. The molecule has 5 rings (SSSR count). The van der Waals surface area contributed by atoms with Crippen LogP contribution in [0.1, 0.15) is 37.4 Å². The van der Waals surface area contributed by atoms with E-state index in [-0.39, 0.29) is 24.1 Å². The highest BCUT2D eigenvalue weighted by molar-refractivity contribution is 7.18. The maximum absolute atomic E-state index is 12.6. The third-order valence-electron chi connectivity index (χ3n) is 5.00. The molecule has 0 radical (unpaired) electrons. The van der Waals surface area contributed by atoms with Gasteiger partial charge in [-0.25, -0.2) is 4.79 Å². The van der Waals surface area contributed by atoms with E-state index in [1.165, 1.54) is 6.26 Å². The molecule has 0 bridgehead atoms. The molecule has 0 saturated carbocycles. The Morgan fingerprint density at radius 3 is 2.69 bits per heavy atom. The van der Waals surface area contributed by atoms with Crippen LogP contribution in [0.3, 0.4) is 0 Å². The molecule has 11 heteroatoms. The minimum Gasteiger partial charge on any atom is -0.459 e. The average molecular weight is 490 g/mol. The highest BCUT2D eigenvalue weighted by atomic mass is 32.1. The van der Waals surface area contributed by atoms with Gasteiger partial charge in [0, 0.05) is 5.56 Å². The van der Waals surface area contributed by atoms with Gasteiger partial charge in [-0.15, -0.1) is 21.5 Å². The van der Waals surface area contributed by atoms with Gasteiger partial charge < -0.3 is 23.4 Å². The van der Waals surface area contributed by atoms with Crippen molar-refractivity contribution in [1.29, 1.82) is 0 Å². The molecule has 1 amide bonds. The lowest BCUT2D eigenvalue weighted by Crippen LogP contribution is -2.09. The molecule has 0 aliphatic rings. The predicted octanol–water partition coefficient (Wildman–Crippen LogP) is 5.27. The normalized spacial score (nSPS) is 10.9. The van der Waals surface area contributed by atoms with Crippen molar-refractivity contribution in [2.45, 2.75) is 20.5 Å². The molecule has 35 heavy (non-hydrogen) atoms. The van der Waals surface area contributed by atoms with Crippen LogP contribution >= 0.6 is 11.3 Å². The molecule has 0 aliphatic heterocycles. The SMILES string of the molecule is Cc1cc(NC(=O)c2ccco2)sc1C(=O)OCc1nnc(-c2c(-c3ccccc3)noc2C)o1. The van der Waals surface area contributed by atoms with Crippen LogP contribution in [0, 0.1) is 13.8 Å². The number of nitrogens with zero attached hydrogens (tertiary/aromatic N) is 3. The minimum atomic E-state index is -0.572. The van der Waals surface area contributed by atoms with Crippen molar-refractivity contribution in [3.63, 3.8) is 0 Å². The first kappa shape index (κ1) is 22.3. The van der Waals surface area contributed by atoms with Crippen molar-refractivity contribution in [1.82, 2.24) is 15.4 Å². The number of ether oxygens (including phenoxy) is 1. The molecule has 5 aromatic rings. The first-order valence-electron chi connectivity index (χ1n) is 10.5. The van der Waals surface area contributed by atoms with Crippen molar-refractivity contribution < 1.29 is 27.7 Å². The number of rotatable bonds is 7. The van der Waals surface area contributed by atoms with Gasteiger partial charge in [0.05, 0.1) is 11.3 Å². The first-order chi connectivity index (χ1) is 17.0.